The van der Waals surface area contributed by atoms with Crippen molar-refractivity contribution in [1.29, 1.82) is 0 Å². The molecule has 0 aromatic carbocycles. The Kier molecular flexibility index (Phi) is 5.08. The summed E-state index contributed by atoms with van der Waals surface area (Å²) in [5.41, 5.74) is 0. The zero-order chi connectivity index (χ0) is 9.56. The molecule has 0 radical (unpaired) electrons. The Hall–Kier alpha value is -1.06. The van der Waals surface area contributed by atoms with Crippen LogP contribution in [0.4, 0.5) is 0 Å². The van der Waals surface area contributed by atoms with Crippen molar-refractivity contribution in [2.24, 2.45) is 5.92 Å². The van der Waals surface area contributed by atoms with Gasteiger partial charge in [0.05, 0.1) is 5.92 Å². The van der Waals surface area contributed by atoms with E-state index in [1.54, 1.807) is 13.8 Å². The summed E-state index contributed by atoms with van der Waals surface area (Å²) in [4.78, 5) is 21.4. The fraction of sp³-hybridized carbons (Fsp3) is 0.750. The van der Waals surface area contributed by atoms with Crippen LogP contribution in [0.15, 0.2) is 0 Å². The van der Waals surface area contributed by atoms with Gasteiger partial charge in [0.1, 0.15) is 0 Å². The van der Waals surface area contributed by atoms with Gasteiger partial charge in [-0.25, -0.2) is 0 Å². The molecule has 2 N–H and O–H groups in total. The highest BCUT2D eigenvalue weighted by Crippen LogP contribution is 2.07. The first-order chi connectivity index (χ1) is 5.61. The lowest BCUT2D eigenvalue weighted by atomic mass is 10.0. The molecule has 1 amide bonds. The summed E-state index contributed by atoms with van der Waals surface area (Å²) in [6.45, 7) is 4.12. The molecule has 0 spiro atoms. The van der Waals surface area contributed by atoms with E-state index in [1.165, 1.54) is 0 Å². The second-order valence-electron chi connectivity index (χ2n) is 2.60. The van der Waals surface area contributed by atoms with Crippen LogP contribution in [0.25, 0.3) is 0 Å². The second-order valence-corrected chi connectivity index (χ2v) is 2.60. The number of nitrogens with one attached hydrogen (secondary N) is 1. The van der Waals surface area contributed by atoms with Gasteiger partial charge in [-0.05, 0) is 13.3 Å². The third-order valence-electron chi connectivity index (χ3n) is 1.65. The van der Waals surface area contributed by atoms with E-state index in [-0.39, 0.29) is 12.3 Å². The van der Waals surface area contributed by atoms with E-state index in [1.807, 2.05) is 0 Å². The number of carbonyl (C=O) groups is 2. The molecule has 0 heterocycles. The second kappa shape index (κ2) is 5.57. The number of rotatable bonds is 5. The van der Waals surface area contributed by atoms with Crippen LogP contribution >= 0.6 is 0 Å². The molecule has 4 nitrogen and oxygen atoms in total. The van der Waals surface area contributed by atoms with Crippen LogP contribution in [0.1, 0.15) is 26.7 Å². The molecule has 0 saturated heterocycles. The molecule has 0 bridgehead atoms. The largest absolute Gasteiger partial charge is 0.481 e. The normalized spacial score (nSPS) is 12.2. The standard InChI is InChI=1S/C8H15NO3/c1-3-6(8(11)12)5-7(10)9-4-2/h6H,3-5H2,1-2H3,(H,9,10)(H,11,12). The van der Waals surface area contributed by atoms with Crippen LogP contribution < -0.4 is 5.32 Å². The van der Waals surface area contributed by atoms with Gasteiger partial charge >= 0.3 is 5.97 Å². The molecule has 0 aliphatic rings. The van der Waals surface area contributed by atoms with Crippen LogP contribution in [-0.2, 0) is 9.59 Å². The van der Waals surface area contributed by atoms with E-state index in [9.17, 15) is 9.59 Å². The zero-order valence-electron chi connectivity index (χ0n) is 7.46. The van der Waals surface area contributed by atoms with Gasteiger partial charge in [0.15, 0.2) is 0 Å². The van der Waals surface area contributed by atoms with E-state index in [0.717, 1.165) is 0 Å². The summed E-state index contributed by atoms with van der Waals surface area (Å²) in [7, 11) is 0. The Bertz CT molecular complexity index is 168. The van der Waals surface area contributed by atoms with Crippen LogP contribution in [-0.4, -0.2) is 23.5 Å². The van der Waals surface area contributed by atoms with Crippen molar-refractivity contribution < 1.29 is 14.7 Å². The van der Waals surface area contributed by atoms with Crippen LogP contribution in [0.2, 0.25) is 0 Å². The van der Waals surface area contributed by atoms with Crippen LogP contribution in [0.5, 0.6) is 0 Å². The van der Waals surface area contributed by atoms with Crippen molar-refractivity contribution in [2.75, 3.05) is 6.54 Å². The van der Waals surface area contributed by atoms with Crippen molar-refractivity contribution in [3.8, 4) is 0 Å². The lowest BCUT2D eigenvalue weighted by Crippen LogP contribution is -2.27. The van der Waals surface area contributed by atoms with E-state index >= 15 is 0 Å². The van der Waals surface area contributed by atoms with Crippen molar-refractivity contribution in [1.82, 2.24) is 5.32 Å². The predicted octanol–water partition coefficient (Wildman–Crippen LogP) is 0.623. The maximum absolute atomic E-state index is 10.9. The molecule has 12 heavy (non-hydrogen) atoms. The van der Waals surface area contributed by atoms with Gasteiger partial charge in [-0.3, -0.25) is 9.59 Å². The molecule has 70 valence electrons. The molecule has 0 aromatic heterocycles. The minimum Gasteiger partial charge on any atom is -0.481 e. The van der Waals surface area contributed by atoms with Gasteiger partial charge in [-0.15, -0.1) is 0 Å². The van der Waals surface area contributed by atoms with Gasteiger partial charge in [-0.1, -0.05) is 6.92 Å². The third-order valence-corrected chi connectivity index (χ3v) is 1.65. The minimum atomic E-state index is -0.899. The maximum Gasteiger partial charge on any atom is 0.307 e. The summed E-state index contributed by atoms with van der Waals surface area (Å²) in [6.07, 6.45) is 0.576. The summed E-state index contributed by atoms with van der Waals surface area (Å²) in [5.74, 6) is -1.63. The topological polar surface area (TPSA) is 66.4 Å². The smallest absolute Gasteiger partial charge is 0.307 e. The van der Waals surface area contributed by atoms with Gasteiger partial charge in [0.25, 0.3) is 0 Å². The summed E-state index contributed by atoms with van der Waals surface area (Å²) in [6, 6.07) is 0. The van der Waals surface area contributed by atoms with E-state index in [2.05, 4.69) is 5.32 Å². The van der Waals surface area contributed by atoms with Gasteiger partial charge in [0.2, 0.25) is 5.91 Å². The Labute approximate surface area is 72.0 Å². The molecule has 1 unspecified atom stereocenters. The highest BCUT2D eigenvalue weighted by molar-refractivity contribution is 5.82. The molecule has 1 atom stereocenters. The van der Waals surface area contributed by atoms with E-state index < -0.39 is 11.9 Å². The first kappa shape index (κ1) is 10.9. The number of hydrogen-bond donors (Lipinski definition) is 2. The highest BCUT2D eigenvalue weighted by Gasteiger charge is 2.18. The first-order valence-corrected chi connectivity index (χ1v) is 4.11. The van der Waals surface area contributed by atoms with Crippen LogP contribution in [0.3, 0.4) is 0 Å². The van der Waals surface area contributed by atoms with Crippen molar-refractivity contribution >= 4 is 11.9 Å². The number of carboxylic acid groups (broad SMARTS) is 1. The molecule has 0 fully saturated rings. The lowest BCUT2D eigenvalue weighted by Gasteiger charge is -2.08. The zero-order valence-corrected chi connectivity index (χ0v) is 7.46. The molecular weight excluding hydrogens is 158 g/mol. The Morgan fingerprint density at radius 3 is 2.33 bits per heavy atom. The molecule has 0 aliphatic heterocycles. The van der Waals surface area contributed by atoms with Crippen LogP contribution in [0, 0.1) is 5.92 Å². The number of hydrogen-bond acceptors (Lipinski definition) is 2. The maximum atomic E-state index is 10.9. The van der Waals surface area contributed by atoms with Crippen molar-refractivity contribution in [3.63, 3.8) is 0 Å². The number of amides is 1. The summed E-state index contributed by atoms with van der Waals surface area (Å²) in [5, 5.41) is 11.2. The average Bonchev–Trinajstić information content (AvgIpc) is 2.00. The minimum absolute atomic E-state index is 0.0830. The number of carboxylic acids is 1. The van der Waals surface area contributed by atoms with Gasteiger partial charge < -0.3 is 10.4 Å². The SMILES string of the molecule is CCNC(=O)CC(CC)C(=O)O. The van der Waals surface area contributed by atoms with E-state index in [4.69, 9.17) is 5.11 Å². The Balaban J connectivity index is 3.85. The van der Waals surface area contributed by atoms with Crippen molar-refractivity contribution in [3.05, 3.63) is 0 Å². The summed E-state index contributed by atoms with van der Waals surface area (Å²) >= 11 is 0. The van der Waals surface area contributed by atoms with Gasteiger partial charge in [-0.2, -0.15) is 0 Å². The Morgan fingerprint density at radius 2 is 2.00 bits per heavy atom. The average molecular weight is 173 g/mol. The third kappa shape index (κ3) is 3.95. The molecular formula is C8H15NO3. The summed E-state index contributed by atoms with van der Waals surface area (Å²) < 4.78 is 0. The molecule has 0 saturated carbocycles. The van der Waals surface area contributed by atoms with Crippen molar-refractivity contribution in [2.45, 2.75) is 26.7 Å². The number of carbonyl (C=O) groups excluding carboxylic acids is 1. The first-order valence-electron chi connectivity index (χ1n) is 4.11. The van der Waals surface area contributed by atoms with Gasteiger partial charge in [0, 0.05) is 13.0 Å². The molecule has 0 aliphatic carbocycles. The van der Waals surface area contributed by atoms with E-state index in [0.29, 0.717) is 13.0 Å². The molecule has 4 heteroatoms. The highest BCUT2D eigenvalue weighted by atomic mass is 16.4. The fourth-order valence-corrected chi connectivity index (χ4v) is 0.899. The lowest BCUT2D eigenvalue weighted by molar-refractivity contribution is -0.144. The number of aliphatic carboxylic acids is 1. The fourth-order valence-electron chi connectivity index (χ4n) is 0.899. The quantitative estimate of drug-likeness (QED) is 0.640. The molecule has 0 aromatic rings. The predicted molar refractivity (Wildman–Crippen MR) is 44.7 cm³/mol. The Morgan fingerprint density at radius 1 is 1.42 bits per heavy atom. The molecule has 0 rings (SSSR count). The monoisotopic (exact) mass is 173 g/mol.